The lowest BCUT2D eigenvalue weighted by Crippen LogP contribution is -2.43. The van der Waals surface area contributed by atoms with Crippen LogP contribution in [0.15, 0.2) is 30.3 Å². The molecule has 0 aliphatic carbocycles. The number of esters is 1. The first-order chi connectivity index (χ1) is 13.4. The van der Waals surface area contributed by atoms with Gasteiger partial charge in [-0.1, -0.05) is 44.2 Å². The first kappa shape index (κ1) is 25.5. The Kier molecular flexibility index (Phi) is 9.74. The third-order valence-electron chi connectivity index (χ3n) is 3.99. The van der Waals surface area contributed by atoms with Crippen LogP contribution in [0.3, 0.4) is 0 Å². The lowest BCUT2D eigenvalue weighted by Gasteiger charge is -2.32. The molecule has 1 aromatic rings. The van der Waals surface area contributed by atoms with Crippen molar-refractivity contribution in [2.45, 2.75) is 39.9 Å². The molecule has 1 atom stereocenters. The Labute approximate surface area is 173 Å². The van der Waals surface area contributed by atoms with E-state index in [1.807, 2.05) is 30.3 Å². The van der Waals surface area contributed by atoms with Crippen molar-refractivity contribution in [2.24, 2.45) is 5.41 Å². The van der Waals surface area contributed by atoms with Gasteiger partial charge < -0.3 is 9.47 Å². The van der Waals surface area contributed by atoms with Crippen LogP contribution in [0.25, 0.3) is 0 Å². The van der Waals surface area contributed by atoms with Crippen molar-refractivity contribution in [2.75, 3.05) is 31.0 Å². The average Bonchev–Trinajstić information content (AvgIpc) is 2.60. The zero-order valence-corrected chi connectivity index (χ0v) is 18.9. The van der Waals surface area contributed by atoms with Crippen LogP contribution in [0.5, 0.6) is 0 Å². The van der Waals surface area contributed by atoms with Crippen LogP contribution < -0.4 is 0 Å². The summed E-state index contributed by atoms with van der Waals surface area (Å²) in [6, 6.07) is 9.24. The molecular weight excluding hydrogens is 420 g/mol. The summed E-state index contributed by atoms with van der Waals surface area (Å²) in [6.07, 6.45) is -0.0701. The average molecular weight is 451 g/mol. The monoisotopic (exact) mass is 450 g/mol. The molecule has 8 nitrogen and oxygen atoms in total. The molecule has 0 aliphatic rings. The van der Waals surface area contributed by atoms with Crippen molar-refractivity contribution >= 4 is 25.9 Å². The highest BCUT2D eigenvalue weighted by atomic mass is 32.2. The van der Waals surface area contributed by atoms with Crippen LogP contribution in [0.1, 0.15) is 32.8 Å². The summed E-state index contributed by atoms with van der Waals surface area (Å²) < 4.78 is 62.4. The molecule has 0 fully saturated rings. The minimum absolute atomic E-state index is 0.0621. The van der Waals surface area contributed by atoms with E-state index in [1.165, 1.54) is 0 Å². The summed E-state index contributed by atoms with van der Waals surface area (Å²) in [4.78, 5) is 12.4. The van der Waals surface area contributed by atoms with E-state index in [-0.39, 0.29) is 32.0 Å². The maximum atomic E-state index is 12.4. The summed E-state index contributed by atoms with van der Waals surface area (Å²) >= 11 is 0. The molecule has 1 rings (SSSR count). The highest BCUT2D eigenvalue weighted by Gasteiger charge is 2.39. The Morgan fingerprint density at radius 2 is 1.69 bits per heavy atom. The SMILES string of the molecule is CCOC(=O)[C@H](OCc1ccccc1)C(C)(C)COS(=O)(=O)CCCS(C)(=O)=O. The van der Waals surface area contributed by atoms with Crippen LogP contribution in [0.2, 0.25) is 0 Å². The molecule has 166 valence electrons. The van der Waals surface area contributed by atoms with Crippen LogP contribution in [-0.4, -0.2) is 59.9 Å². The van der Waals surface area contributed by atoms with E-state index in [2.05, 4.69) is 0 Å². The highest BCUT2D eigenvalue weighted by Crippen LogP contribution is 2.27. The van der Waals surface area contributed by atoms with E-state index in [9.17, 15) is 21.6 Å². The molecule has 0 saturated heterocycles. The molecular formula is C19H30O8S2. The molecule has 0 N–H and O–H groups in total. The molecule has 0 amide bonds. The Morgan fingerprint density at radius 3 is 2.24 bits per heavy atom. The molecule has 0 heterocycles. The predicted octanol–water partition coefficient (Wildman–Crippen LogP) is 1.94. The molecule has 0 spiro atoms. The van der Waals surface area contributed by atoms with E-state index < -0.39 is 43.2 Å². The topological polar surface area (TPSA) is 113 Å². The predicted molar refractivity (Wildman–Crippen MR) is 109 cm³/mol. The van der Waals surface area contributed by atoms with Gasteiger partial charge >= 0.3 is 5.97 Å². The Bertz CT molecular complexity index is 845. The number of ether oxygens (including phenoxy) is 2. The van der Waals surface area contributed by atoms with Gasteiger partial charge in [0, 0.05) is 11.7 Å². The molecule has 0 radical (unpaired) electrons. The molecule has 1 aromatic carbocycles. The van der Waals surface area contributed by atoms with Crippen molar-refractivity contribution in [3.63, 3.8) is 0 Å². The maximum Gasteiger partial charge on any atom is 0.335 e. The second kappa shape index (κ2) is 11.1. The van der Waals surface area contributed by atoms with Crippen molar-refractivity contribution in [1.82, 2.24) is 0 Å². The fourth-order valence-corrected chi connectivity index (χ4v) is 4.41. The van der Waals surface area contributed by atoms with Gasteiger partial charge in [0.25, 0.3) is 10.1 Å². The van der Waals surface area contributed by atoms with Crippen LogP contribution >= 0.6 is 0 Å². The molecule has 10 heteroatoms. The second-order valence-corrected chi connectivity index (χ2v) is 11.4. The first-order valence-electron chi connectivity index (χ1n) is 9.23. The van der Waals surface area contributed by atoms with Gasteiger partial charge in [0.15, 0.2) is 6.10 Å². The van der Waals surface area contributed by atoms with E-state index in [0.717, 1.165) is 11.8 Å². The quantitative estimate of drug-likeness (QED) is 0.331. The van der Waals surface area contributed by atoms with Crippen molar-refractivity contribution in [1.29, 1.82) is 0 Å². The number of hydrogen-bond donors (Lipinski definition) is 0. The summed E-state index contributed by atoms with van der Waals surface area (Å²) in [6.45, 7) is 4.95. The lowest BCUT2D eigenvalue weighted by atomic mass is 9.87. The van der Waals surface area contributed by atoms with Crippen molar-refractivity contribution < 1.29 is 35.3 Å². The van der Waals surface area contributed by atoms with Gasteiger partial charge in [0.1, 0.15) is 9.84 Å². The molecule has 0 aromatic heterocycles. The second-order valence-electron chi connectivity index (χ2n) is 7.42. The van der Waals surface area contributed by atoms with E-state index in [4.69, 9.17) is 13.7 Å². The summed E-state index contributed by atoms with van der Waals surface area (Å²) in [5.41, 5.74) is -0.155. The minimum Gasteiger partial charge on any atom is -0.464 e. The smallest absolute Gasteiger partial charge is 0.335 e. The number of carbonyl (C=O) groups is 1. The first-order valence-corrected chi connectivity index (χ1v) is 12.9. The summed E-state index contributed by atoms with van der Waals surface area (Å²) in [5.74, 6) is -1.28. The summed E-state index contributed by atoms with van der Waals surface area (Å²) in [7, 11) is -7.20. The standard InChI is InChI=1S/C19H30O8S2/c1-5-25-18(20)17(26-14-16-10-7-6-8-11-16)19(2,3)15-27-29(23,24)13-9-12-28(4,21)22/h6-8,10-11,17H,5,9,12-15H2,1-4H3/t17-/m0/s1. The highest BCUT2D eigenvalue weighted by molar-refractivity contribution is 7.90. The largest absolute Gasteiger partial charge is 0.464 e. The number of rotatable bonds is 13. The normalized spacial score (nSPS) is 13.8. The fourth-order valence-electron chi connectivity index (χ4n) is 2.46. The molecule has 0 unspecified atom stereocenters. The van der Waals surface area contributed by atoms with Crippen LogP contribution in [0, 0.1) is 5.41 Å². The van der Waals surface area contributed by atoms with Gasteiger partial charge in [-0.3, -0.25) is 4.18 Å². The Balaban J connectivity index is 2.77. The Morgan fingerprint density at radius 1 is 1.07 bits per heavy atom. The number of carbonyl (C=O) groups excluding carboxylic acids is 1. The number of hydrogen-bond acceptors (Lipinski definition) is 8. The zero-order valence-electron chi connectivity index (χ0n) is 17.3. The Hall–Kier alpha value is -1.49. The molecule has 0 saturated carbocycles. The van der Waals surface area contributed by atoms with Crippen molar-refractivity contribution in [3.05, 3.63) is 35.9 Å². The zero-order chi connectivity index (χ0) is 22.1. The molecule has 29 heavy (non-hydrogen) atoms. The number of sulfone groups is 1. The molecule has 0 bridgehead atoms. The van der Waals surface area contributed by atoms with Gasteiger partial charge in [-0.05, 0) is 18.9 Å². The van der Waals surface area contributed by atoms with E-state index in [0.29, 0.717) is 0 Å². The maximum absolute atomic E-state index is 12.4. The van der Waals surface area contributed by atoms with Gasteiger partial charge in [0.05, 0.1) is 31.3 Å². The number of benzene rings is 1. The van der Waals surface area contributed by atoms with E-state index >= 15 is 0 Å². The third kappa shape index (κ3) is 10.2. The van der Waals surface area contributed by atoms with E-state index in [1.54, 1.807) is 20.8 Å². The van der Waals surface area contributed by atoms with Gasteiger partial charge in [-0.25, -0.2) is 13.2 Å². The van der Waals surface area contributed by atoms with Gasteiger partial charge in [0.2, 0.25) is 0 Å². The van der Waals surface area contributed by atoms with Gasteiger partial charge in [-0.15, -0.1) is 0 Å². The van der Waals surface area contributed by atoms with Gasteiger partial charge in [-0.2, -0.15) is 8.42 Å². The van der Waals surface area contributed by atoms with Crippen LogP contribution in [0.4, 0.5) is 0 Å². The summed E-state index contributed by atoms with van der Waals surface area (Å²) in [5, 5.41) is 0. The minimum atomic E-state index is -3.95. The third-order valence-corrected chi connectivity index (χ3v) is 6.29. The lowest BCUT2D eigenvalue weighted by molar-refractivity contribution is -0.168. The molecule has 0 aliphatic heterocycles. The fraction of sp³-hybridized carbons (Fsp3) is 0.632. The van der Waals surface area contributed by atoms with Crippen molar-refractivity contribution in [3.8, 4) is 0 Å². The van der Waals surface area contributed by atoms with Crippen LogP contribution in [-0.2, 0) is 45.0 Å².